The highest BCUT2D eigenvalue weighted by molar-refractivity contribution is 8.16. The molecule has 0 nitrogen and oxygen atoms in total. The lowest BCUT2D eigenvalue weighted by Gasteiger charge is -2.17. The molecule has 1 aliphatic heterocycles. The lowest BCUT2D eigenvalue weighted by molar-refractivity contribution is 0.627. The fourth-order valence-corrected chi connectivity index (χ4v) is 6.67. The molecule has 0 N–H and O–H groups in total. The molecule has 0 spiro atoms. The van der Waals surface area contributed by atoms with Crippen molar-refractivity contribution < 1.29 is 8.78 Å². The van der Waals surface area contributed by atoms with Gasteiger partial charge >= 0.3 is 0 Å². The highest BCUT2D eigenvalue weighted by atomic mass is 32.2. The number of halogens is 2. The predicted molar refractivity (Wildman–Crippen MR) is 164 cm³/mol. The summed E-state index contributed by atoms with van der Waals surface area (Å²) in [5.41, 5.74) is 6.31. The molecule has 0 bridgehead atoms. The summed E-state index contributed by atoms with van der Waals surface area (Å²) in [5.74, 6) is -0.532. The van der Waals surface area contributed by atoms with Gasteiger partial charge in [-0.25, -0.2) is 8.78 Å². The quantitative estimate of drug-likeness (QED) is 0.198. The summed E-state index contributed by atoms with van der Waals surface area (Å²) in [6.07, 6.45) is 6.44. The summed E-state index contributed by atoms with van der Waals surface area (Å²) in [4.78, 5) is 4.38. The maximum Gasteiger partial charge on any atom is 0.239 e. The number of hydrogen-bond donors (Lipinski definition) is 0. The predicted octanol–water partition coefficient (Wildman–Crippen LogP) is 10.9. The smallest absolute Gasteiger partial charge is 0.207 e. The SMILES string of the molecule is Fc1ccc(C2=CC(=Cc3cc(-c4ccccc4)[s+]c(-c4ccccc4)c3)C=C(c3ccc(F)cc3)S2)cc1. The molecular formula is C35H23F2S2+. The van der Waals surface area contributed by atoms with Crippen LogP contribution in [0.3, 0.4) is 0 Å². The molecule has 0 amide bonds. The van der Waals surface area contributed by atoms with E-state index in [-0.39, 0.29) is 11.6 Å². The first-order valence-corrected chi connectivity index (χ1v) is 14.2. The summed E-state index contributed by atoms with van der Waals surface area (Å²) < 4.78 is 27.3. The molecule has 0 saturated heterocycles. The minimum Gasteiger partial charge on any atom is -0.207 e. The lowest BCUT2D eigenvalue weighted by atomic mass is 10.0. The largest absolute Gasteiger partial charge is 0.239 e. The topological polar surface area (TPSA) is 0 Å². The van der Waals surface area contributed by atoms with E-state index in [2.05, 4.69) is 78.9 Å². The molecule has 5 aromatic rings. The van der Waals surface area contributed by atoms with Crippen molar-refractivity contribution in [2.24, 2.45) is 0 Å². The second-order valence-electron chi connectivity index (χ2n) is 9.13. The minimum atomic E-state index is -0.266. The van der Waals surface area contributed by atoms with Gasteiger partial charge in [-0.1, -0.05) is 72.4 Å². The Bertz CT molecular complexity index is 1580. The van der Waals surface area contributed by atoms with Crippen molar-refractivity contribution in [3.05, 3.63) is 167 Å². The van der Waals surface area contributed by atoms with E-state index in [9.17, 15) is 8.78 Å². The summed E-state index contributed by atoms with van der Waals surface area (Å²) in [7, 11) is 0. The number of rotatable bonds is 5. The van der Waals surface area contributed by atoms with Crippen molar-refractivity contribution in [2.45, 2.75) is 0 Å². The van der Waals surface area contributed by atoms with Crippen LogP contribution in [0, 0.1) is 11.6 Å². The maximum atomic E-state index is 13.7. The number of benzene rings is 4. The van der Waals surface area contributed by atoms with Crippen LogP contribution in [-0.4, -0.2) is 0 Å². The lowest BCUT2D eigenvalue weighted by Crippen LogP contribution is -1.92. The van der Waals surface area contributed by atoms with Crippen LogP contribution in [0.1, 0.15) is 16.7 Å². The second-order valence-corrected chi connectivity index (χ2v) is 11.3. The molecular weight excluding hydrogens is 523 g/mol. The fraction of sp³-hybridized carbons (Fsp3) is 0. The van der Waals surface area contributed by atoms with Gasteiger partial charge in [-0.15, -0.1) is 0 Å². The molecule has 0 unspecified atom stereocenters. The van der Waals surface area contributed by atoms with Gasteiger partial charge in [0, 0.05) is 33.1 Å². The molecule has 0 fully saturated rings. The standard InChI is InChI=1S/C35H23F2S2/c36-30-15-11-28(12-16-30)34-22-25(23-35(39-34)29-13-17-31(37)18-14-29)19-24-20-32(26-7-3-1-4-8-26)38-33(21-24)27-9-5-2-6-10-27/h1-23H/q+1. The number of thioether (sulfide) groups is 1. The van der Waals surface area contributed by atoms with Crippen molar-refractivity contribution >= 4 is 39.0 Å². The van der Waals surface area contributed by atoms with Crippen molar-refractivity contribution in [3.8, 4) is 20.9 Å². The first-order valence-electron chi connectivity index (χ1n) is 12.5. The van der Waals surface area contributed by atoms with Gasteiger partial charge in [-0.3, -0.25) is 0 Å². The van der Waals surface area contributed by atoms with Crippen molar-refractivity contribution in [3.63, 3.8) is 0 Å². The Labute approximate surface area is 235 Å². The van der Waals surface area contributed by atoms with Gasteiger partial charge in [0.2, 0.25) is 21.1 Å². The Morgan fingerprint density at radius 3 is 1.38 bits per heavy atom. The third-order valence-corrected chi connectivity index (χ3v) is 8.63. The average molecular weight is 546 g/mol. The molecule has 0 atom stereocenters. The third-order valence-electron chi connectivity index (χ3n) is 6.34. The zero-order chi connectivity index (χ0) is 26.6. The molecule has 0 aliphatic carbocycles. The first kappa shape index (κ1) is 25.2. The molecule has 188 valence electrons. The van der Waals surface area contributed by atoms with Gasteiger partial charge in [0.05, 0.1) is 0 Å². The molecule has 4 heteroatoms. The zero-order valence-electron chi connectivity index (χ0n) is 20.9. The monoisotopic (exact) mass is 545 g/mol. The van der Waals surface area contributed by atoms with E-state index in [0.29, 0.717) is 0 Å². The van der Waals surface area contributed by atoms with Crippen LogP contribution in [-0.2, 0) is 0 Å². The molecule has 4 aromatic carbocycles. The van der Waals surface area contributed by atoms with Crippen LogP contribution in [0.5, 0.6) is 0 Å². The summed E-state index contributed by atoms with van der Waals surface area (Å²) in [6.45, 7) is 0. The van der Waals surface area contributed by atoms with E-state index in [1.807, 2.05) is 12.1 Å². The Kier molecular flexibility index (Phi) is 7.31. The fourth-order valence-electron chi connectivity index (χ4n) is 4.40. The molecule has 0 radical (unpaired) electrons. The average Bonchev–Trinajstić information content (AvgIpc) is 2.98. The van der Waals surface area contributed by atoms with E-state index < -0.39 is 0 Å². The Hall–Kier alpha value is -4.12. The van der Waals surface area contributed by atoms with Gasteiger partial charge in [0.1, 0.15) is 11.6 Å². The Morgan fingerprint density at radius 1 is 0.513 bits per heavy atom. The van der Waals surface area contributed by atoms with E-state index in [0.717, 1.165) is 32.1 Å². The Balaban J connectivity index is 1.49. The first-order chi connectivity index (χ1) is 19.1. The van der Waals surface area contributed by atoms with Gasteiger partial charge in [0.25, 0.3) is 0 Å². The van der Waals surface area contributed by atoms with E-state index in [4.69, 9.17) is 0 Å². The number of hydrogen-bond acceptors (Lipinski definition) is 1. The maximum absolute atomic E-state index is 13.7. The van der Waals surface area contributed by atoms with Gasteiger partial charge < -0.3 is 0 Å². The van der Waals surface area contributed by atoms with E-state index >= 15 is 0 Å². The summed E-state index contributed by atoms with van der Waals surface area (Å²) >= 11 is 3.37. The normalized spacial score (nSPS) is 13.0. The van der Waals surface area contributed by atoms with Gasteiger partial charge in [-0.2, -0.15) is 0 Å². The van der Waals surface area contributed by atoms with Crippen LogP contribution in [0.4, 0.5) is 8.78 Å². The van der Waals surface area contributed by atoms with Crippen LogP contribution in [0.15, 0.2) is 139 Å². The zero-order valence-corrected chi connectivity index (χ0v) is 22.5. The molecule has 6 rings (SSSR count). The van der Waals surface area contributed by atoms with Crippen molar-refractivity contribution in [1.82, 2.24) is 0 Å². The molecule has 1 aromatic heterocycles. The Morgan fingerprint density at radius 2 is 0.949 bits per heavy atom. The highest BCUT2D eigenvalue weighted by Crippen LogP contribution is 2.44. The van der Waals surface area contributed by atoms with Crippen LogP contribution in [0.2, 0.25) is 0 Å². The van der Waals surface area contributed by atoms with Crippen LogP contribution < -0.4 is 0 Å². The van der Waals surface area contributed by atoms with Crippen molar-refractivity contribution in [2.75, 3.05) is 0 Å². The molecule has 1 aliphatic rings. The van der Waals surface area contributed by atoms with Gasteiger partial charge in [0.15, 0.2) is 0 Å². The number of allylic oxidation sites excluding steroid dienone is 3. The van der Waals surface area contributed by atoms with E-state index in [1.165, 1.54) is 45.1 Å². The summed E-state index contributed by atoms with van der Waals surface area (Å²) in [5, 5.41) is 0. The van der Waals surface area contributed by atoms with Gasteiger partial charge in [-0.05, 0) is 89.0 Å². The molecule has 39 heavy (non-hydrogen) atoms. The van der Waals surface area contributed by atoms with Crippen LogP contribution >= 0.6 is 23.1 Å². The second kappa shape index (κ2) is 11.3. The highest BCUT2D eigenvalue weighted by Gasteiger charge is 2.19. The van der Waals surface area contributed by atoms with Crippen LogP contribution in [0.25, 0.3) is 36.8 Å². The van der Waals surface area contributed by atoms with E-state index in [1.54, 1.807) is 47.4 Å². The minimum absolute atomic E-state index is 0.266. The third kappa shape index (κ3) is 5.98. The van der Waals surface area contributed by atoms with Crippen molar-refractivity contribution in [1.29, 1.82) is 0 Å². The molecule has 2 heterocycles. The summed E-state index contributed by atoms with van der Waals surface area (Å²) in [6, 6.07) is 38.4. The molecule has 0 saturated carbocycles.